The summed E-state index contributed by atoms with van der Waals surface area (Å²) in [4.78, 5) is 4.35. The number of hydrogen-bond acceptors (Lipinski definition) is 1. The lowest BCUT2D eigenvalue weighted by Gasteiger charge is -2.10. The van der Waals surface area contributed by atoms with Crippen LogP contribution in [0.5, 0.6) is 0 Å². The summed E-state index contributed by atoms with van der Waals surface area (Å²) in [5.41, 5.74) is 2.78. The zero-order valence-electron chi connectivity index (χ0n) is 12.2. The van der Waals surface area contributed by atoms with Crippen LogP contribution in [-0.2, 0) is 0 Å². The summed E-state index contributed by atoms with van der Waals surface area (Å²) in [6.45, 7) is 0. The highest BCUT2D eigenvalue weighted by Crippen LogP contribution is 2.34. The SMILES string of the molecule is FC(F)c1cccc2ncc3cc(-c4ccccc4)ccc3c12. The molecule has 0 spiro atoms. The van der Waals surface area contributed by atoms with Crippen LogP contribution in [0.25, 0.3) is 32.8 Å². The molecule has 0 aliphatic rings. The van der Waals surface area contributed by atoms with E-state index in [9.17, 15) is 8.78 Å². The summed E-state index contributed by atoms with van der Waals surface area (Å²) in [6.07, 6.45) is -0.765. The van der Waals surface area contributed by atoms with Gasteiger partial charge in [0.1, 0.15) is 0 Å². The number of fused-ring (bicyclic) bond motifs is 3. The number of benzene rings is 3. The van der Waals surface area contributed by atoms with Crippen molar-refractivity contribution in [3.8, 4) is 11.1 Å². The van der Waals surface area contributed by atoms with Gasteiger partial charge < -0.3 is 0 Å². The molecule has 0 N–H and O–H groups in total. The number of nitrogens with zero attached hydrogens (tertiary/aromatic N) is 1. The van der Waals surface area contributed by atoms with Crippen LogP contribution >= 0.6 is 0 Å². The van der Waals surface area contributed by atoms with Gasteiger partial charge >= 0.3 is 0 Å². The van der Waals surface area contributed by atoms with E-state index in [0.29, 0.717) is 10.9 Å². The Hall–Kier alpha value is -2.81. The highest BCUT2D eigenvalue weighted by molar-refractivity contribution is 6.08. The Morgan fingerprint density at radius 1 is 0.783 bits per heavy atom. The summed E-state index contributed by atoms with van der Waals surface area (Å²) in [5, 5.41) is 2.22. The van der Waals surface area contributed by atoms with Crippen molar-refractivity contribution in [3.05, 3.63) is 78.5 Å². The van der Waals surface area contributed by atoms with Gasteiger partial charge in [-0.2, -0.15) is 0 Å². The molecular formula is C20H13F2N. The van der Waals surface area contributed by atoms with Gasteiger partial charge in [0.25, 0.3) is 6.43 Å². The summed E-state index contributed by atoms with van der Waals surface area (Å²) in [6, 6.07) is 20.7. The van der Waals surface area contributed by atoms with Crippen LogP contribution in [0.15, 0.2) is 72.9 Å². The third kappa shape index (κ3) is 2.34. The van der Waals surface area contributed by atoms with E-state index in [2.05, 4.69) is 4.98 Å². The molecule has 1 aromatic heterocycles. The van der Waals surface area contributed by atoms with Crippen molar-refractivity contribution in [2.24, 2.45) is 0 Å². The second-order valence-electron chi connectivity index (χ2n) is 5.47. The van der Waals surface area contributed by atoms with Crippen LogP contribution in [0.1, 0.15) is 12.0 Å². The quantitative estimate of drug-likeness (QED) is 0.414. The fourth-order valence-corrected chi connectivity index (χ4v) is 2.99. The first-order chi connectivity index (χ1) is 11.2. The topological polar surface area (TPSA) is 12.9 Å². The third-order valence-corrected chi connectivity index (χ3v) is 4.08. The lowest BCUT2D eigenvalue weighted by Crippen LogP contribution is -1.90. The number of pyridine rings is 1. The molecule has 0 saturated carbocycles. The molecule has 0 aliphatic carbocycles. The highest BCUT2D eigenvalue weighted by Gasteiger charge is 2.14. The summed E-state index contributed by atoms with van der Waals surface area (Å²) >= 11 is 0. The standard InChI is InChI=1S/C20H13F2N/c21-20(22)17-7-4-8-18-19(17)16-10-9-14(11-15(16)12-23-18)13-5-2-1-3-6-13/h1-12,20H. The zero-order valence-corrected chi connectivity index (χ0v) is 12.2. The van der Waals surface area contributed by atoms with E-state index in [4.69, 9.17) is 0 Å². The Labute approximate surface area is 132 Å². The van der Waals surface area contributed by atoms with Gasteiger partial charge in [-0.25, -0.2) is 8.78 Å². The smallest absolute Gasteiger partial charge is 0.256 e. The first-order valence-electron chi connectivity index (χ1n) is 7.39. The molecule has 3 heteroatoms. The van der Waals surface area contributed by atoms with E-state index in [1.165, 1.54) is 6.07 Å². The van der Waals surface area contributed by atoms with E-state index in [-0.39, 0.29) is 5.56 Å². The highest BCUT2D eigenvalue weighted by atomic mass is 19.3. The van der Waals surface area contributed by atoms with Gasteiger partial charge in [0.05, 0.1) is 5.52 Å². The molecule has 0 radical (unpaired) electrons. The van der Waals surface area contributed by atoms with Crippen LogP contribution in [0.2, 0.25) is 0 Å². The average Bonchev–Trinajstić information content (AvgIpc) is 2.61. The minimum atomic E-state index is -2.51. The van der Waals surface area contributed by atoms with Gasteiger partial charge in [-0.05, 0) is 28.6 Å². The minimum Gasteiger partial charge on any atom is -0.256 e. The molecule has 0 fully saturated rings. The normalized spacial score (nSPS) is 11.4. The van der Waals surface area contributed by atoms with Crippen LogP contribution < -0.4 is 0 Å². The third-order valence-electron chi connectivity index (χ3n) is 4.08. The molecule has 3 aromatic carbocycles. The molecule has 0 aliphatic heterocycles. The fourth-order valence-electron chi connectivity index (χ4n) is 2.99. The molecule has 0 atom stereocenters. The fraction of sp³-hybridized carbons (Fsp3) is 0.0500. The van der Waals surface area contributed by atoms with Crippen molar-refractivity contribution < 1.29 is 8.78 Å². The van der Waals surface area contributed by atoms with Crippen molar-refractivity contribution in [2.45, 2.75) is 6.43 Å². The lowest BCUT2D eigenvalue weighted by molar-refractivity contribution is 0.153. The second-order valence-corrected chi connectivity index (χ2v) is 5.47. The Morgan fingerprint density at radius 3 is 2.39 bits per heavy atom. The van der Waals surface area contributed by atoms with Gasteiger partial charge in [-0.1, -0.05) is 54.6 Å². The predicted molar refractivity (Wildman–Crippen MR) is 89.6 cm³/mol. The molecule has 112 valence electrons. The lowest BCUT2D eigenvalue weighted by atomic mass is 9.98. The molecule has 4 rings (SSSR count). The summed E-state index contributed by atoms with van der Waals surface area (Å²) in [7, 11) is 0. The van der Waals surface area contributed by atoms with Gasteiger partial charge in [-0.15, -0.1) is 0 Å². The second kappa shape index (κ2) is 5.43. The molecule has 0 bridgehead atoms. The molecule has 0 amide bonds. The molecule has 4 aromatic rings. The van der Waals surface area contributed by atoms with E-state index in [1.807, 2.05) is 48.5 Å². The van der Waals surface area contributed by atoms with E-state index in [1.54, 1.807) is 18.3 Å². The Kier molecular flexibility index (Phi) is 3.27. The Bertz CT molecular complexity index is 994. The number of aromatic nitrogens is 1. The predicted octanol–water partition coefficient (Wildman–Crippen LogP) is 5.99. The monoisotopic (exact) mass is 305 g/mol. The molecule has 1 nitrogen and oxygen atoms in total. The maximum Gasteiger partial charge on any atom is 0.264 e. The van der Waals surface area contributed by atoms with Crippen LogP contribution in [0.4, 0.5) is 8.78 Å². The minimum absolute atomic E-state index is 0.0352. The van der Waals surface area contributed by atoms with Crippen molar-refractivity contribution in [1.82, 2.24) is 4.98 Å². The van der Waals surface area contributed by atoms with E-state index >= 15 is 0 Å². The number of rotatable bonds is 2. The van der Waals surface area contributed by atoms with E-state index < -0.39 is 6.43 Å². The summed E-state index contributed by atoms with van der Waals surface area (Å²) in [5.74, 6) is 0. The first kappa shape index (κ1) is 13.8. The summed E-state index contributed by atoms with van der Waals surface area (Å²) < 4.78 is 26.7. The number of alkyl halides is 2. The number of halogens is 2. The number of hydrogen-bond donors (Lipinski definition) is 0. The van der Waals surface area contributed by atoms with Gasteiger partial charge in [0.2, 0.25) is 0 Å². The van der Waals surface area contributed by atoms with Crippen molar-refractivity contribution in [1.29, 1.82) is 0 Å². The molecule has 0 unspecified atom stereocenters. The first-order valence-corrected chi connectivity index (χ1v) is 7.39. The molecule has 0 saturated heterocycles. The maximum atomic E-state index is 13.3. The van der Waals surface area contributed by atoms with Crippen LogP contribution in [-0.4, -0.2) is 4.98 Å². The van der Waals surface area contributed by atoms with Crippen LogP contribution in [0, 0.1) is 0 Å². The molecular weight excluding hydrogens is 292 g/mol. The van der Waals surface area contributed by atoms with Gasteiger partial charge in [0, 0.05) is 22.5 Å². The van der Waals surface area contributed by atoms with Crippen LogP contribution in [0.3, 0.4) is 0 Å². The largest absolute Gasteiger partial charge is 0.264 e. The van der Waals surface area contributed by atoms with Crippen molar-refractivity contribution >= 4 is 21.7 Å². The van der Waals surface area contributed by atoms with Gasteiger partial charge in [0.15, 0.2) is 0 Å². The van der Waals surface area contributed by atoms with Crippen molar-refractivity contribution in [3.63, 3.8) is 0 Å². The molecule has 23 heavy (non-hydrogen) atoms. The average molecular weight is 305 g/mol. The Balaban J connectivity index is 2.01. The maximum absolute atomic E-state index is 13.3. The van der Waals surface area contributed by atoms with Gasteiger partial charge in [-0.3, -0.25) is 4.98 Å². The van der Waals surface area contributed by atoms with Crippen molar-refractivity contribution in [2.75, 3.05) is 0 Å². The van der Waals surface area contributed by atoms with E-state index in [0.717, 1.165) is 21.9 Å². The molecule has 1 heterocycles. The Morgan fingerprint density at radius 2 is 1.61 bits per heavy atom. The zero-order chi connectivity index (χ0) is 15.8.